The molecule has 170 valence electrons. The van der Waals surface area contributed by atoms with Crippen molar-refractivity contribution < 1.29 is 14.5 Å². The number of carbonyl (C=O) groups excluding carboxylic acids is 2. The molecule has 0 atom stereocenters. The molecule has 0 aromatic heterocycles. The second kappa shape index (κ2) is 10.8. The van der Waals surface area contributed by atoms with E-state index in [9.17, 15) is 19.7 Å². The predicted octanol–water partition coefficient (Wildman–Crippen LogP) is 6.85. The van der Waals surface area contributed by atoms with Crippen molar-refractivity contribution in [1.29, 1.82) is 0 Å². The summed E-state index contributed by atoms with van der Waals surface area (Å²) in [7, 11) is 0. The van der Waals surface area contributed by atoms with Crippen LogP contribution in [0.2, 0.25) is 0 Å². The Bertz CT molecular complexity index is 966. The number of hydrogen-bond acceptors (Lipinski definition) is 5. The molecule has 32 heavy (non-hydrogen) atoms. The van der Waals surface area contributed by atoms with Crippen molar-refractivity contribution in [3.63, 3.8) is 0 Å². The Labute approximate surface area is 193 Å². The minimum Gasteiger partial charge on any atom is -0.325 e. The molecule has 3 rings (SSSR count). The van der Waals surface area contributed by atoms with Gasteiger partial charge in [-0.15, -0.1) is 0 Å². The molecule has 1 amide bonds. The molecule has 1 aliphatic rings. The molecule has 7 heteroatoms. The second-order valence-corrected chi connectivity index (χ2v) is 9.93. The first-order chi connectivity index (χ1) is 15.3. The van der Waals surface area contributed by atoms with Gasteiger partial charge in [-0.25, -0.2) is 0 Å². The van der Waals surface area contributed by atoms with Crippen molar-refractivity contribution >= 4 is 34.2 Å². The van der Waals surface area contributed by atoms with E-state index in [1.165, 1.54) is 30.7 Å². The summed E-state index contributed by atoms with van der Waals surface area (Å²) < 4.78 is 0. The van der Waals surface area contributed by atoms with Gasteiger partial charge in [-0.1, -0.05) is 45.2 Å². The highest BCUT2D eigenvalue weighted by Gasteiger charge is 2.39. The Morgan fingerprint density at radius 3 is 2.34 bits per heavy atom. The minimum atomic E-state index is -0.493. The molecule has 1 N–H and O–H groups in total. The van der Waals surface area contributed by atoms with Gasteiger partial charge in [0.25, 0.3) is 5.69 Å². The molecule has 0 aliphatic heterocycles. The van der Waals surface area contributed by atoms with E-state index in [2.05, 4.69) is 19.2 Å². The van der Waals surface area contributed by atoms with Crippen LogP contribution in [-0.4, -0.2) is 15.9 Å². The Kier molecular flexibility index (Phi) is 8.07. The number of non-ortho nitro benzene ring substituents is 1. The van der Waals surface area contributed by atoms with E-state index in [0.717, 1.165) is 50.3 Å². The molecular formula is C25H30N2O4S. The molecule has 1 saturated carbocycles. The second-order valence-electron chi connectivity index (χ2n) is 8.92. The van der Waals surface area contributed by atoms with Crippen molar-refractivity contribution in [2.45, 2.75) is 63.7 Å². The van der Waals surface area contributed by atoms with Gasteiger partial charge in [-0.3, -0.25) is 19.7 Å². The normalized spacial score (nSPS) is 15.3. The maximum atomic E-state index is 13.4. The number of carbonyl (C=O) groups is 2. The summed E-state index contributed by atoms with van der Waals surface area (Å²) in [6, 6.07) is 12.9. The highest BCUT2D eigenvalue weighted by atomic mass is 32.2. The largest absolute Gasteiger partial charge is 0.325 e. The Balaban J connectivity index is 1.75. The highest BCUT2D eigenvalue weighted by Crippen LogP contribution is 2.42. The van der Waals surface area contributed by atoms with Gasteiger partial charge < -0.3 is 5.32 Å². The molecule has 2 aromatic rings. The number of para-hydroxylation sites is 1. The average Bonchev–Trinajstić information content (AvgIpc) is 2.79. The molecule has 6 nitrogen and oxygen atoms in total. The first-order valence-electron chi connectivity index (χ1n) is 11.2. The summed E-state index contributed by atoms with van der Waals surface area (Å²) >= 11 is 1.02. The van der Waals surface area contributed by atoms with Crippen molar-refractivity contribution in [2.24, 2.45) is 11.3 Å². The summed E-state index contributed by atoms with van der Waals surface area (Å²) in [6.45, 7) is 4.37. The number of nitrogens with zero attached hydrogens (tertiary/aromatic N) is 1. The molecule has 0 unspecified atom stereocenters. The van der Waals surface area contributed by atoms with Crippen LogP contribution in [0.4, 0.5) is 11.4 Å². The average molecular weight is 455 g/mol. The van der Waals surface area contributed by atoms with Crippen LogP contribution < -0.4 is 5.32 Å². The number of nitrogens with one attached hydrogen (secondary N) is 1. The smallest absolute Gasteiger partial charge is 0.269 e. The number of hydrogen-bond donors (Lipinski definition) is 1. The number of benzene rings is 2. The summed E-state index contributed by atoms with van der Waals surface area (Å²) in [5, 5.41) is 13.7. The van der Waals surface area contributed by atoms with Gasteiger partial charge >= 0.3 is 0 Å². The van der Waals surface area contributed by atoms with E-state index in [0.29, 0.717) is 22.1 Å². The van der Waals surface area contributed by atoms with Crippen LogP contribution in [0.3, 0.4) is 0 Å². The third-order valence-corrected chi connectivity index (χ3v) is 7.14. The zero-order valence-electron chi connectivity index (χ0n) is 18.6. The summed E-state index contributed by atoms with van der Waals surface area (Å²) in [5.74, 6) is 0.595. The lowest BCUT2D eigenvalue weighted by molar-refractivity contribution is -0.384. The topological polar surface area (TPSA) is 89.3 Å². The van der Waals surface area contributed by atoms with Crippen LogP contribution in [0.1, 0.15) is 69.2 Å². The summed E-state index contributed by atoms with van der Waals surface area (Å²) in [6.07, 6.45) is 7.02. The fourth-order valence-electron chi connectivity index (χ4n) is 4.18. The quantitative estimate of drug-likeness (QED) is 0.267. The summed E-state index contributed by atoms with van der Waals surface area (Å²) in [4.78, 5) is 37.2. The molecule has 2 aromatic carbocycles. The highest BCUT2D eigenvalue weighted by molar-refractivity contribution is 8.14. The van der Waals surface area contributed by atoms with Crippen LogP contribution in [0, 0.1) is 21.4 Å². The van der Waals surface area contributed by atoms with E-state index < -0.39 is 4.92 Å². The number of amides is 1. The third-order valence-electron chi connectivity index (χ3n) is 6.14. The Morgan fingerprint density at radius 2 is 1.72 bits per heavy atom. The maximum absolute atomic E-state index is 13.4. The molecule has 1 fully saturated rings. The number of rotatable bonds is 8. The lowest BCUT2D eigenvalue weighted by Crippen LogP contribution is -2.38. The molecular weight excluding hydrogens is 424 g/mol. The third kappa shape index (κ3) is 5.97. The number of nitro groups is 1. The van der Waals surface area contributed by atoms with Gasteiger partial charge in [0.05, 0.1) is 10.6 Å². The number of thioether (sulfide) groups is 1. The van der Waals surface area contributed by atoms with Gasteiger partial charge in [0.15, 0.2) is 0 Å². The minimum absolute atomic E-state index is 0.0497. The predicted molar refractivity (Wildman–Crippen MR) is 128 cm³/mol. The van der Waals surface area contributed by atoms with E-state index in [1.807, 2.05) is 24.3 Å². The van der Waals surface area contributed by atoms with Crippen LogP contribution in [0.15, 0.2) is 53.4 Å². The van der Waals surface area contributed by atoms with Crippen LogP contribution in [0.25, 0.3) is 0 Å². The zero-order chi connectivity index (χ0) is 23.1. The molecule has 1 aliphatic carbocycles. The molecule has 0 bridgehead atoms. The zero-order valence-corrected chi connectivity index (χ0v) is 19.5. The first-order valence-corrected chi connectivity index (χ1v) is 12.0. The van der Waals surface area contributed by atoms with Crippen molar-refractivity contribution in [1.82, 2.24) is 0 Å². The van der Waals surface area contributed by atoms with Gasteiger partial charge in [0.2, 0.25) is 11.0 Å². The lowest BCUT2D eigenvalue weighted by atomic mass is 9.69. The Morgan fingerprint density at radius 1 is 1.06 bits per heavy atom. The van der Waals surface area contributed by atoms with Crippen molar-refractivity contribution in [3.8, 4) is 0 Å². The van der Waals surface area contributed by atoms with Crippen LogP contribution in [0.5, 0.6) is 0 Å². The monoisotopic (exact) mass is 454 g/mol. The molecule has 0 radical (unpaired) electrons. The van der Waals surface area contributed by atoms with Gasteiger partial charge in [-0.2, -0.15) is 0 Å². The fourth-order valence-corrected chi connectivity index (χ4v) is 5.01. The standard InChI is InChI=1S/C25H30N2O4S/c1-18(2)14-17-25(15-6-3-7-16-25)24(29)26-21-8-4-5-9-22(21)32-23(28)19-10-12-20(13-11-19)27(30)31/h4-5,8-13,18H,3,6-7,14-17H2,1-2H3,(H,26,29). The number of anilines is 1. The molecule has 0 heterocycles. The van der Waals surface area contributed by atoms with Gasteiger partial charge in [0, 0.05) is 28.0 Å². The molecule has 0 saturated heterocycles. The SMILES string of the molecule is CC(C)CCC1(C(=O)Nc2ccccc2SC(=O)c2ccc([N+](=O)[O-])cc2)CCCCC1. The van der Waals surface area contributed by atoms with Gasteiger partial charge in [-0.05, 0) is 67.6 Å². The molecule has 0 spiro atoms. The van der Waals surface area contributed by atoms with Crippen molar-refractivity contribution in [2.75, 3.05) is 5.32 Å². The van der Waals surface area contributed by atoms with Crippen molar-refractivity contribution in [3.05, 3.63) is 64.2 Å². The lowest BCUT2D eigenvalue weighted by Gasteiger charge is -2.36. The summed E-state index contributed by atoms with van der Waals surface area (Å²) in [5.41, 5.74) is 0.607. The van der Waals surface area contributed by atoms with Gasteiger partial charge in [0.1, 0.15) is 0 Å². The first kappa shape index (κ1) is 24.0. The van der Waals surface area contributed by atoms with E-state index in [4.69, 9.17) is 0 Å². The van der Waals surface area contributed by atoms with E-state index in [1.54, 1.807) is 0 Å². The van der Waals surface area contributed by atoms with E-state index in [-0.39, 0.29) is 22.1 Å². The maximum Gasteiger partial charge on any atom is 0.269 e. The van der Waals surface area contributed by atoms with Crippen LogP contribution >= 0.6 is 11.8 Å². The van der Waals surface area contributed by atoms with Crippen LogP contribution in [-0.2, 0) is 4.79 Å². The number of nitro benzene ring substituents is 1. The van der Waals surface area contributed by atoms with E-state index >= 15 is 0 Å². The fraction of sp³-hybridized carbons (Fsp3) is 0.440. The Hall–Kier alpha value is -2.67.